The third-order valence-corrected chi connectivity index (χ3v) is 1.67. The smallest absolute Gasteiger partial charge is 0.211 e. The number of allylic oxidation sites excluding steroid dienone is 1. The molecule has 0 aliphatic rings. The van der Waals surface area contributed by atoms with Crippen molar-refractivity contribution in [3.05, 3.63) is 40.9 Å². The summed E-state index contributed by atoms with van der Waals surface area (Å²) in [4.78, 5) is 0. The van der Waals surface area contributed by atoms with Crippen LogP contribution >= 0.6 is 11.6 Å². The number of nitrogens with two attached hydrogens (primary N) is 2. The monoisotopic (exact) mass is 222 g/mol. The molecule has 0 spiro atoms. The van der Waals surface area contributed by atoms with Gasteiger partial charge in [0.15, 0.2) is 0 Å². The van der Waals surface area contributed by atoms with Crippen LogP contribution in [0.3, 0.4) is 0 Å². The summed E-state index contributed by atoms with van der Waals surface area (Å²) in [7, 11) is 0. The molecule has 0 atom stereocenters. The van der Waals surface area contributed by atoms with Gasteiger partial charge in [0.25, 0.3) is 0 Å². The Morgan fingerprint density at radius 2 is 1.87 bits per heavy atom. The van der Waals surface area contributed by atoms with Crippen molar-refractivity contribution >= 4 is 29.9 Å². The lowest BCUT2D eigenvalue weighted by Gasteiger charge is -1.91. The van der Waals surface area contributed by atoms with E-state index in [0.29, 0.717) is 5.03 Å². The average Bonchev–Trinajstić information content (AvgIpc) is 2.18. The Morgan fingerprint density at radius 1 is 1.20 bits per heavy atom. The van der Waals surface area contributed by atoms with Crippen molar-refractivity contribution < 1.29 is 0 Å². The quantitative estimate of drug-likeness (QED) is 0.462. The lowest BCUT2D eigenvalue weighted by atomic mass is 10.2. The number of hydrogen-bond donors (Lipinski definition) is 2. The van der Waals surface area contributed by atoms with Gasteiger partial charge in [0.05, 0.1) is 11.2 Å². The van der Waals surface area contributed by atoms with Crippen molar-refractivity contribution in [2.75, 3.05) is 0 Å². The zero-order chi connectivity index (χ0) is 11.1. The molecule has 0 saturated heterocycles. The molecule has 5 heteroatoms. The maximum Gasteiger partial charge on any atom is 0.211 e. The van der Waals surface area contributed by atoms with E-state index in [-0.39, 0.29) is 5.96 Å². The van der Waals surface area contributed by atoms with Crippen LogP contribution in [0.1, 0.15) is 5.56 Å². The summed E-state index contributed by atoms with van der Waals surface area (Å²) in [6.45, 7) is 0. The summed E-state index contributed by atoms with van der Waals surface area (Å²) in [6, 6.07) is 9.62. The fraction of sp³-hybridized carbons (Fsp3) is 0. The first-order chi connectivity index (χ1) is 7.18. The Morgan fingerprint density at radius 3 is 2.47 bits per heavy atom. The van der Waals surface area contributed by atoms with Gasteiger partial charge in [0.2, 0.25) is 5.96 Å². The molecular weight excluding hydrogens is 212 g/mol. The molecule has 78 valence electrons. The first kappa shape index (κ1) is 11.3. The highest BCUT2D eigenvalue weighted by Crippen LogP contribution is 2.07. The van der Waals surface area contributed by atoms with Crippen molar-refractivity contribution in [1.82, 2.24) is 0 Å². The second-order valence-electron chi connectivity index (χ2n) is 2.71. The van der Waals surface area contributed by atoms with E-state index in [1.54, 1.807) is 6.08 Å². The van der Waals surface area contributed by atoms with Crippen LogP contribution in [-0.2, 0) is 0 Å². The number of hydrogen-bond acceptors (Lipinski definition) is 2. The van der Waals surface area contributed by atoms with Gasteiger partial charge in [-0.1, -0.05) is 41.9 Å². The normalized spacial score (nSPS) is 11.7. The summed E-state index contributed by atoms with van der Waals surface area (Å²) in [5, 5.41) is 7.45. The molecule has 4 N–H and O–H groups in total. The Hall–Kier alpha value is -1.81. The van der Waals surface area contributed by atoms with E-state index in [2.05, 4.69) is 10.2 Å². The molecule has 0 radical (unpaired) electrons. The SMILES string of the molecule is NC(N)=N/N=C/C(Cl)=C/c1ccccc1. The van der Waals surface area contributed by atoms with Crippen LogP contribution in [0.5, 0.6) is 0 Å². The Bertz CT molecular complexity index is 391. The largest absolute Gasteiger partial charge is 0.369 e. The molecule has 0 bridgehead atoms. The van der Waals surface area contributed by atoms with Crippen LogP contribution in [0.2, 0.25) is 0 Å². The van der Waals surface area contributed by atoms with E-state index in [0.717, 1.165) is 5.56 Å². The molecule has 0 aliphatic carbocycles. The molecule has 0 fully saturated rings. The maximum atomic E-state index is 5.86. The van der Waals surface area contributed by atoms with Gasteiger partial charge in [0.1, 0.15) is 0 Å². The highest BCUT2D eigenvalue weighted by molar-refractivity contribution is 6.41. The first-order valence-electron chi connectivity index (χ1n) is 4.22. The van der Waals surface area contributed by atoms with E-state index < -0.39 is 0 Å². The molecule has 0 unspecified atom stereocenters. The predicted octanol–water partition coefficient (Wildman–Crippen LogP) is 1.53. The number of halogens is 1. The van der Waals surface area contributed by atoms with Crippen LogP contribution in [0.4, 0.5) is 0 Å². The molecule has 4 nitrogen and oxygen atoms in total. The predicted molar refractivity (Wildman–Crippen MR) is 64.6 cm³/mol. The number of benzene rings is 1. The van der Waals surface area contributed by atoms with Crippen molar-refractivity contribution in [1.29, 1.82) is 0 Å². The standard InChI is InChI=1S/C10H11ClN4/c11-9(7-14-15-10(12)13)6-8-4-2-1-3-5-8/h1-7H,(H4,12,13,15)/b9-6-,14-7+. The maximum absolute atomic E-state index is 5.86. The molecule has 1 aromatic carbocycles. The number of rotatable bonds is 3. The third kappa shape index (κ3) is 4.83. The van der Waals surface area contributed by atoms with E-state index >= 15 is 0 Å². The Kier molecular flexibility index (Phi) is 4.37. The first-order valence-corrected chi connectivity index (χ1v) is 4.60. The van der Waals surface area contributed by atoms with Gasteiger partial charge >= 0.3 is 0 Å². The molecule has 0 saturated carbocycles. The van der Waals surface area contributed by atoms with Gasteiger partial charge in [-0.2, -0.15) is 5.10 Å². The van der Waals surface area contributed by atoms with Crippen LogP contribution in [0.15, 0.2) is 45.6 Å². The molecule has 0 aliphatic heterocycles. The molecule has 1 aromatic rings. The topological polar surface area (TPSA) is 76.8 Å². The highest BCUT2D eigenvalue weighted by atomic mass is 35.5. The van der Waals surface area contributed by atoms with Crippen LogP contribution in [0, 0.1) is 0 Å². The van der Waals surface area contributed by atoms with E-state index in [1.165, 1.54) is 6.21 Å². The highest BCUT2D eigenvalue weighted by Gasteiger charge is 1.88. The third-order valence-electron chi connectivity index (χ3n) is 1.46. The summed E-state index contributed by atoms with van der Waals surface area (Å²) >= 11 is 5.86. The van der Waals surface area contributed by atoms with E-state index in [1.807, 2.05) is 30.3 Å². The second kappa shape index (κ2) is 5.82. The minimum absolute atomic E-state index is 0.101. The average molecular weight is 223 g/mol. The Balaban J connectivity index is 2.69. The number of nitrogens with zero attached hydrogens (tertiary/aromatic N) is 2. The second-order valence-corrected chi connectivity index (χ2v) is 3.15. The van der Waals surface area contributed by atoms with Gasteiger partial charge in [-0.05, 0) is 11.6 Å². The molecular formula is C10H11ClN4. The van der Waals surface area contributed by atoms with Crippen molar-refractivity contribution in [2.45, 2.75) is 0 Å². The summed E-state index contributed by atoms with van der Waals surface area (Å²) in [5.41, 5.74) is 11.2. The number of guanidine groups is 1. The Labute approximate surface area is 92.9 Å². The molecule has 15 heavy (non-hydrogen) atoms. The fourth-order valence-corrected chi connectivity index (χ4v) is 1.07. The summed E-state index contributed by atoms with van der Waals surface area (Å²) < 4.78 is 0. The summed E-state index contributed by atoms with van der Waals surface area (Å²) in [6.07, 6.45) is 3.13. The summed E-state index contributed by atoms with van der Waals surface area (Å²) in [5.74, 6) is -0.101. The van der Waals surface area contributed by atoms with Crippen LogP contribution in [-0.4, -0.2) is 12.2 Å². The zero-order valence-electron chi connectivity index (χ0n) is 7.97. The van der Waals surface area contributed by atoms with Gasteiger partial charge < -0.3 is 11.5 Å². The van der Waals surface area contributed by atoms with E-state index in [4.69, 9.17) is 23.1 Å². The minimum atomic E-state index is -0.101. The van der Waals surface area contributed by atoms with E-state index in [9.17, 15) is 0 Å². The minimum Gasteiger partial charge on any atom is -0.369 e. The van der Waals surface area contributed by atoms with Crippen molar-refractivity contribution in [2.24, 2.45) is 21.7 Å². The van der Waals surface area contributed by atoms with Gasteiger partial charge in [-0.3, -0.25) is 0 Å². The van der Waals surface area contributed by atoms with Crippen molar-refractivity contribution in [3.8, 4) is 0 Å². The molecule has 0 aromatic heterocycles. The lowest BCUT2D eigenvalue weighted by Crippen LogP contribution is -2.21. The van der Waals surface area contributed by atoms with Crippen LogP contribution in [0.25, 0.3) is 6.08 Å². The van der Waals surface area contributed by atoms with Gasteiger partial charge in [-0.25, -0.2) is 0 Å². The molecule has 0 amide bonds. The van der Waals surface area contributed by atoms with Gasteiger partial charge in [0, 0.05) is 0 Å². The van der Waals surface area contributed by atoms with Gasteiger partial charge in [-0.15, -0.1) is 5.10 Å². The zero-order valence-corrected chi connectivity index (χ0v) is 8.72. The molecule has 0 heterocycles. The fourth-order valence-electron chi connectivity index (χ4n) is 0.896. The van der Waals surface area contributed by atoms with Crippen molar-refractivity contribution in [3.63, 3.8) is 0 Å². The molecule has 1 rings (SSSR count). The van der Waals surface area contributed by atoms with Crippen LogP contribution < -0.4 is 11.5 Å². The lowest BCUT2D eigenvalue weighted by molar-refractivity contribution is 1.22.